The first-order chi connectivity index (χ1) is 12.2. The molecule has 0 bridgehead atoms. The van der Waals surface area contributed by atoms with Crippen molar-refractivity contribution in [2.45, 2.75) is 0 Å². The summed E-state index contributed by atoms with van der Waals surface area (Å²) in [6.45, 7) is 0.0818. The maximum atomic E-state index is 13.3. The van der Waals surface area contributed by atoms with Gasteiger partial charge in [0.25, 0.3) is 0 Å². The fraction of sp³-hybridized carbons (Fsp3) is 0.0500. The van der Waals surface area contributed by atoms with Crippen LogP contribution < -0.4 is 15.4 Å². The van der Waals surface area contributed by atoms with E-state index >= 15 is 0 Å². The number of hydrogen-bond donors (Lipinski definition) is 2. The lowest BCUT2D eigenvalue weighted by molar-refractivity contribution is -0.114. The van der Waals surface area contributed by atoms with Gasteiger partial charge in [-0.2, -0.15) is 0 Å². The van der Waals surface area contributed by atoms with E-state index in [2.05, 4.69) is 10.6 Å². The van der Waals surface area contributed by atoms with Crippen LogP contribution in [0.2, 0.25) is 0 Å². The standard InChI is InChI=1S/C20H17FN2O2/c21-15-7-6-10-17(13-15)25-19-12-5-4-11-18(19)22-14-20(24)23-16-8-2-1-3-9-16/h1-13,22H,14H2,(H,23,24). The average molecular weight is 336 g/mol. The lowest BCUT2D eigenvalue weighted by Gasteiger charge is -2.13. The molecule has 0 radical (unpaired) electrons. The smallest absolute Gasteiger partial charge is 0.243 e. The van der Waals surface area contributed by atoms with Gasteiger partial charge in [-0.1, -0.05) is 36.4 Å². The van der Waals surface area contributed by atoms with Crippen molar-refractivity contribution in [3.63, 3.8) is 0 Å². The fourth-order valence-electron chi connectivity index (χ4n) is 2.26. The molecule has 5 heteroatoms. The molecule has 0 saturated heterocycles. The quantitative estimate of drug-likeness (QED) is 0.688. The Hall–Kier alpha value is -3.34. The molecule has 0 heterocycles. The minimum Gasteiger partial charge on any atom is -0.455 e. The topological polar surface area (TPSA) is 50.4 Å². The molecule has 0 aliphatic rings. The van der Waals surface area contributed by atoms with E-state index in [0.717, 1.165) is 5.69 Å². The molecule has 0 atom stereocenters. The molecular weight excluding hydrogens is 319 g/mol. The predicted molar refractivity (Wildman–Crippen MR) is 96.5 cm³/mol. The summed E-state index contributed by atoms with van der Waals surface area (Å²) in [5.74, 6) is 0.362. The molecule has 0 aromatic heterocycles. The summed E-state index contributed by atoms with van der Waals surface area (Å²) in [5.41, 5.74) is 1.38. The average Bonchev–Trinajstić information content (AvgIpc) is 2.62. The lowest BCUT2D eigenvalue weighted by Crippen LogP contribution is -2.21. The van der Waals surface area contributed by atoms with E-state index in [0.29, 0.717) is 17.2 Å². The van der Waals surface area contributed by atoms with Gasteiger partial charge in [0.05, 0.1) is 12.2 Å². The van der Waals surface area contributed by atoms with Gasteiger partial charge in [0.1, 0.15) is 11.6 Å². The van der Waals surface area contributed by atoms with Crippen molar-refractivity contribution in [2.24, 2.45) is 0 Å². The lowest BCUT2D eigenvalue weighted by atomic mass is 10.2. The number of carbonyl (C=O) groups excluding carboxylic acids is 1. The highest BCUT2D eigenvalue weighted by Crippen LogP contribution is 2.29. The number of hydrogen-bond acceptors (Lipinski definition) is 3. The molecule has 25 heavy (non-hydrogen) atoms. The SMILES string of the molecule is O=C(CNc1ccccc1Oc1cccc(F)c1)Nc1ccccc1. The molecule has 126 valence electrons. The third-order valence-corrected chi connectivity index (χ3v) is 3.41. The molecule has 0 spiro atoms. The third-order valence-electron chi connectivity index (χ3n) is 3.41. The normalized spacial score (nSPS) is 10.1. The van der Waals surface area contributed by atoms with E-state index < -0.39 is 0 Å². The minimum atomic E-state index is -0.370. The van der Waals surface area contributed by atoms with Crippen LogP contribution in [-0.4, -0.2) is 12.5 Å². The number of amides is 1. The Kier molecular flexibility index (Phi) is 5.26. The summed E-state index contributed by atoms with van der Waals surface area (Å²) >= 11 is 0. The van der Waals surface area contributed by atoms with Crippen LogP contribution in [0.5, 0.6) is 11.5 Å². The Balaban J connectivity index is 1.64. The second kappa shape index (κ2) is 7.97. The van der Waals surface area contributed by atoms with Gasteiger partial charge in [-0.15, -0.1) is 0 Å². The molecule has 0 fully saturated rings. The summed E-state index contributed by atoms with van der Waals surface area (Å²) < 4.78 is 19.0. The highest BCUT2D eigenvalue weighted by atomic mass is 19.1. The van der Waals surface area contributed by atoms with E-state index in [9.17, 15) is 9.18 Å². The molecule has 0 aliphatic heterocycles. The largest absolute Gasteiger partial charge is 0.455 e. The molecule has 3 rings (SSSR count). The summed E-state index contributed by atoms with van der Waals surface area (Å²) in [7, 11) is 0. The molecule has 3 aromatic rings. The van der Waals surface area contributed by atoms with Crippen LogP contribution in [0.3, 0.4) is 0 Å². The number of nitrogens with one attached hydrogen (secondary N) is 2. The van der Waals surface area contributed by atoms with Gasteiger partial charge in [0.15, 0.2) is 5.75 Å². The summed E-state index contributed by atoms with van der Waals surface area (Å²) in [4.78, 5) is 12.0. The number of rotatable bonds is 6. The summed E-state index contributed by atoms with van der Waals surface area (Å²) in [6.07, 6.45) is 0. The highest BCUT2D eigenvalue weighted by Gasteiger charge is 2.07. The Labute approximate surface area is 145 Å². The molecule has 4 nitrogen and oxygen atoms in total. The number of benzene rings is 3. The molecular formula is C20H17FN2O2. The molecule has 0 aliphatic carbocycles. The van der Waals surface area contributed by atoms with E-state index in [4.69, 9.17) is 4.74 Å². The van der Waals surface area contributed by atoms with Gasteiger partial charge in [0.2, 0.25) is 5.91 Å². The van der Waals surface area contributed by atoms with Crippen LogP contribution >= 0.6 is 0 Å². The zero-order valence-corrected chi connectivity index (χ0v) is 13.4. The maximum Gasteiger partial charge on any atom is 0.243 e. The van der Waals surface area contributed by atoms with Gasteiger partial charge in [0, 0.05) is 11.8 Å². The first-order valence-electron chi connectivity index (χ1n) is 7.82. The maximum absolute atomic E-state index is 13.3. The Morgan fingerprint density at radius 2 is 1.68 bits per heavy atom. The number of ether oxygens (including phenoxy) is 1. The van der Waals surface area contributed by atoms with Crippen molar-refractivity contribution in [1.29, 1.82) is 0 Å². The second-order valence-corrected chi connectivity index (χ2v) is 5.32. The highest BCUT2D eigenvalue weighted by molar-refractivity contribution is 5.93. The van der Waals surface area contributed by atoms with Crippen molar-refractivity contribution in [2.75, 3.05) is 17.2 Å². The minimum absolute atomic E-state index is 0.0818. The molecule has 0 saturated carbocycles. The third kappa shape index (κ3) is 4.81. The van der Waals surface area contributed by atoms with E-state index in [1.54, 1.807) is 24.3 Å². The number of para-hydroxylation sites is 3. The van der Waals surface area contributed by atoms with Gasteiger partial charge in [-0.25, -0.2) is 4.39 Å². The van der Waals surface area contributed by atoms with Gasteiger partial charge >= 0.3 is 0 Å². The summed E-state index contributed by atoms with van der Waals surface area (Å²) in [6, 6.07) is 22.3. The van der Waals surface area contributed by atoms with Crippen LogP contribution in [0.25, 0.3) is 0 Å². The van der Waals surface area contributed by atoms with E-state index in [1.165, 1.54) is 12.1 Å². The molecule has 0 unspecified atom stereocenters. The van der Waals surface area contributed by atoms with Crippen LogP contribution in [0, 0.1) is 5.82 Å². The first kappa shape index (κ1) is 16.5. The van der Waals surface area contributed by atoms with Crippen LogP contribution in [0.15, 0.2) is 78.9 Å². The summed E-state index contributed by atoms with van der Waals surface area (Å²) in [5, 5.41) is 5.83. The fourth-order valence-corrected chi connectivity index (χ4v) is 2.26. The zero-order valence-electron chi connectivity index (χ0n) is 13.4. The van der Waals surface area contributed by atoms with Crippen molar-refractivity contribution >= 4 is 17.3 Å². The van der Waals surface area contributed by atoms with Gasteiger partial charge in [-0.05, 0) is 36.4 Å². The van der Waals surface area contributed by atoms with E-state index in [1.807, 2.05) is 42.5 Å². The molecule has 3 aromatic carbocycles. The Morgan fingerprint density at radius 1 is 0.920 bits per heavy atom. The van der Waals surface area contributed by atoms with Crippen molar-refractivity contribution < 1.29 is 13.9 Å². The molecule has 2 N–H and O–H groups in total. The zero-order chi connectivity index (χ0) is 17.5. The van der Waals surface area contributed by atoms with Crippen molar-refractivity contribution in [3.05, 3.63) is 84.7 Å². The van der Waals surface area contributed by atoms with Crippen LogP contribution in [0.4, 0.5) is 15.8 Å². The predicted octanol–water partition coefficient (Wildman–Crippen LogP) is 4.67. The Bertz CT molecular complexity index is 853. The Morgan fingerprint density at radius 3 is 2.48 bits per heavy atom. The number of carbonyl (C=O) groups is 1. The molecule has 1 amide bonds. The number of anilines is 2. The number of halogens is 1. The monoisotopic (exact) mass is 336 g/mol. The van der Waals surface area contributed by atoms with Crippen LogP contribution in [-0.2, 0) is 4.79 Å². The van der Waals surface area contributed by atoms with Gasteiger partial charge in [-0.3, -0.25) is 4.79 Å². The first-order valence-corrected chi connectivity index (χ1v) is 7.82. The van der Waals surface area contributed by atoms with Crippen LogP contribution in [0.1, 0.15) is 0 Å². The van der Waals surface area contributed by atoms with E-state index in [-0.39, 0.29) is 18.3 Å². The van der Waals surface area contributed by atoms with Crippen molar-refractivity contribution in [1.82, 2.24) is 0 Å². The van der Waals surface area contributed by atoms with Crippen molar-refractivity contribution in [3.8, 4) is 11.5 Å². The van der Waals surface area contributed by atoms with Gasteiger partial charge < -0.3 is 15.4 Å². The second-order valence-electron chi connectivity index (χ2n) is 5.32.